The molecule has 3 aromatic rings. The van der Waals surface area contributed by atoms with Gasteiger partial charge in [0.15, 0.2) is 0 Å². The molecule has 2 amide bonds. The van der Waals surface area contributed by atoms with Gasteiger partial charge in [0.05, 0.1) is 0 Å². The molecule has 1 atom stereocenters. The second-order valence-electron chi connectivity index (χ2n) is 8.57. The minimum atomic E-state index is -0.696. The smallest absolute Gasteiger partial charge is 0.243 e. The number of benzene rings is 3. The van der Waals surface area contributed by atoms with Gasteiger partial charge in [-0.2, -0.15) is 0 Å². The quantitative estimate of drug-likeness (QED) is 0.314. The molecule has 0 aliphatic carbocycles. The number of rotatable bonds is 11. The average Bonchev–Trinajstić information content (AvgIpc) is 2.84. The molecule has 0 aliphatic heterocycles. The highest BCUT2D eigenvalue weighted by molar-refractivity contribution is 7.99. The van der Waals surface area contributed by atoms with Crippen LogP contribution >= 0.6 is 23.4 Å². The van der Waals surface area contributed by atoms with Crippen LogP contribution in [0, 0.1) is 5.82 Å². The Kier molecular flexibility index (Phi) is 10.2. The van der Waals surface area contributed by atoms with Crippen LogP contribution in [0.15, 0.2) is 83.8 Å². The van der Waals surface area contributed by atoms with E-state index in [4.69, 9.17) is 11.6 Å². The van der Waals surface area contributed by atoms with Crippen LogP contribution in [-0.4, -0.2) is 34.6 Å². The number of thioether (sulfide) groups is 1. The third-order valence-electron chi connectivity index (χ3n) is 5.37. The van der Waals surface area contributed by atoms with Crippen LogP contribution in [0.4, 0.5) is 4.39 Å². The zero-order chi connectivity index (χ0) is 25.2. The summed E-state index contributed by atoms with van der Waals surface area (Å²) in [6.45, 7) is 4.01. The molecule has 35 heavy (non-hydrogen) atoms. The molecule has 0 spiro atoms. The van der Waals surface area contributed by atoms with Gasteiger partial charge in [0, 0.05) is 41.1 Å². The van der Waals surface area contributed by atoms with E-state index >= 15 is 0 Å². The number of nitrogens with zero attached hydrogens (tertiary/aromatic N) is 1. The fraction of sp³-hybridized carbons (Fsp3) is 0.286. The molecular formula is C28H30ClFN2O2S. The molecule has 0 heterocycles. The van der Waals surface area contributed by atoms with Crippen LogP contribution in [0.2, 0.25) is 5.02 Å². The van der Waals surface area contributed by atoms with Gasteiger partial charge in [0.2, 0.25) is 11.8 Å². The maximum absolute atomic E-state index is 13.5. The van der Waals surface area contributed by atoms with E-state index in [1.165, 1.54) is 12.1 Å². The average molecular weight is 513 g/mol. The van der Waals surface area contributed by atoms with Crippen LogP contribution in [-0.2, 0) is 22.6 Å². The fourth-order valence-electron chi connectivity index (χ4n) is 3.65. The zero-order valence-electron chi connectivity index (χ0n) is 19.9. The van der Waals surface area contributed by atoms with Crippen molar-refractivity contribution in [1.82, 2.24) is 10.2 Å². The molecule has 4 nitrogen and oxygen atoms in total. The third kappa shape index (κ3) is 8.71. The molecule has 184 valence electrons. The van der Waals surface area contributed by atoms with E-state index < -0.39 is 6.04 Å². The first-order valence-electron chi connectivity index (χ1n) is 11.6. The summed E-state index contributed by atoms with van der Waals surface area (Å²) in [5, 5.41) is 3.63. The molecule has 0 bridgehead atoms. The summed E-state index contributed by atoms with van der Waals surface area (Å²) in [5.41, 5.74) is 1.73. The summed E-state index contributed by atoms with van der Waals surface area (Å²) < 4.78 is 13.5. The van der Waals surface area contributed by atoms with E-state index in [0.29, 0.717) is 17.2 Å². The number of carbonyl (C=O) groups is 2. The number of hydrogen-bond acceptors (Lipinski definition) is 3. The van der Waals surface area contributed by atoms with Gasteiger partial charge in [-0.15, -0.1) is 11.8 Å². The Morgan fingerprint density at radius 3 is 2.23 bits per heavy atom. The zero-order valence-corrected chi connectivity index (χ0v) is 21.5. The molecule has 0 saturated carbocycles. The van der Waals surface area contributed by atoms with Gasteiger partial charge in [0.25, 0.3) is 0 Å². The highest BCUT2D eigenvalue weighted by Gasteiger charge is 2.30. The van der Waals surface area contributed by atoms with Crippen molar-refractivity contribution >= 4 is 35.2 Å². The Balaban J connectivity index is 1.83. The topological polar surface area (TPSA) is 49.4 Å². The van der Waals surface area contributed by atoms with Crippen LogP contribution in [0.5, 0.6) is 0 Å². The molecule has 0 unspecified atom stereocenters. The maximum atomic E-state index is 13.5. The van der Waals surface area contributed by atoms with Crippen LogP contribution < -0.4 is 5.32 Å². The molecule has 0 saturated heterocycles. The largest absolute Gasteiger partial charge is 0.352 e. The number of nitrogens with one attached hydrogen (secondary N) is 1. The molecule has 3 aromatic carbocycles. The summed E-state index contributed by atoms with van der Waals surface area (Å²) in [5.74, 6) is -0.116. The lowest BCUT2D eigenvalue weighted by molar-refractivity contribution is -0.141. The van der Waals surface area contributed by atoms with Crippen molar-refractivity contribution < 1.29 is 14.0 Å². The molecule has 0 radical (unpaired) electrons. The van der Waals surface area contributed by atoms with Crippen molar-refractivity contribution in [1.29, 1.82) is 0 Å². The molecule has 0 aliphatic rings. The van der Waals surface area contributed by atoms with Crippen molar-refractivity contribution in [2.75, 3.05) is 5.75 Å². The number of hydrogen-bond donors (Lipinski definition) is 1. The molecule has 0 fully saturated rings. The number of carbonyl (C=O) groups excluding carboxylic acids is 2. The minimum Gasteiger partial charge on any atom is -0.352 e. The second kappa shape index (κ2) is 13.3. The van der Waals surface area contributed by atoms with Gasteiger partial charge in [-0.3, -0.25) is 9.59 Å². The Morgan fingerprint density at radius 1 is 0.943 bits per heavy atom. The van der Waals surface area contributed by atoms with Crippen LogP contribution in [0.1, 0.15) is 31.4 Å². The standard InChI is InChI=1S/C28H30ClFN2O2S/c1-20(2)31-28(34)26(18-21-6-4-3-5-7-21)32(19-22-8-12-24(30)13-9-22)27(33)16-17-35-25-14-10-23(29)11-15-25/h3-15,20,26H,16-19H2,1-2H3,(H,31,34)/t26-/m1/s1. The summed E-state index contributed by atoms with van der Waals surface area (Å²) >= 11 is 7.52. The minimum absolute atomic E-state index is 0.0657. The lowest BCUT2D eigenvalue weighted by atomic mass is 10.0. The SMILES string of the molecule is CC(C)NC(=O)[C@@H](Cc1ccccc1)N(Cc1ccc(F)cc1)C(=O)CCSc1ccc(Cl)cc1. The Bertz CT molecular complexity index is 1090. The highest BCUT2D eigenvalue weighted by Crippen LogP contribution is 2.22. The first-order valence-corrected chi connectivity index (χ1v) is 12.9. The summed E-state index contributed by atoms with van der Waals surface area (Å²) in [6, 6.07) is 22.4. The lowest BCUT2D eigenvalue weighted by Gasteiger charge is -2.32. The van der Waals surface area contributed by atoms with Gasteiger partial charge >= 0.3 is 0 Å². The molecule has 0 aromatic heterocycles. The first-order chi connectivity index (χ1) is 16.8. The summed E-state index contributed by atoms with van der Waals surface area (Å²) in [7, 11) is 0. The monoisotopic (exact) mass is 512 g/mol. The lowest BCUT2D eigenvalue weighted by Crippen LogP contribution is -2.51. The van der Waals surface area contributed by atoms with Crippen molar-refractivity contribution in [3.63, 3.8) is 0 Å². The van der Waals surface area contributed by atoms with E-state index in [1.54, 1.807) is 28.8 Å². The number of amides is 2. The predicted molar refractivity (Wildman–Crippen MR) is 141 cm³/mol. The maximum Gasteiger partial charge on any atom is 0.243 e. The van der Waals surface area contributed by atoms with Crippen molar-refractivity contribution in [3.05, 3.63) is 101 Å². The van der Waals surface area contributed by atoms with Crippen LogP contribution in [0.25, 0.3) is 0 Å². The fourth-order valence-corrected chi connectivity index (χ4v) is 4.62. The van der Waals surface area contributed by atoms with Crippen molar-refractivity contribution in [2.24, 2.45) is 0 Å². The third-order valence-corrected chi connectivity index (χ3v) is 6.63. The predicted octanol–water partition coefficient (Wildman–Crippen LogP) is 6.13. The van der Waals surface area contributed by atoms with Crippen molar-refractivity contribution in [3.8, 4) is 0 Å². The molecule has 3 rings (SSSR count). The van der Waals surface area contributed by atoms with E-state index in [0.717, 1.165) is 16.0 Å². The van der Waals surface area contributed by atoms with Gasteiger partial charge in [-0.05, 0) is 61.4 Å². The Labute approximate surface area is 215 Å². The van der Waals surface area contributed by atoms with E-state index in [-0.39, 0.29) is 36.6 Å². The normalized spacial score (nSPS) is 11.8. The van der Waals surface area contributed by atoms with E-state index in [9.17, 15) is 14.0 Å². The summed E-state index contributed by atoms with van der Waals surface area (Å²) in [6.07, 6.45) is 0.644. The van der Waals surface area contributed by atoms with Gasteiger partial charge in [0.1, 0.15) is 11.9 Å². The summed E-state index contributed by atoms with van der Waals surface area (Å²) in [4.78, 5) is 29.5. The van der Waals surface area contributed by atoms with Gasteiger partial charge < -0.3 is 10.2 Å². The number of halogens is 2. The first kappa shape index (κ1) is 26.8. The Hall–Kier alpha value is -2.83. The molecule has 1 N–H and O–H groups in total. The van der Waals surface area contributed by atoms with E-state index in [1.807, 2.05) is 68.4 Å². The van der Waals surface area contributed by atoms with Crippen LogP contribution in [0.3, 0.4) is 0 Å². The van der Waals surface area contributed by atoms with Gasteiger partial charge in [-0.25, -0.2) is 4.39 Å². The Morgan fingerprint density at radius 2 is 1.60 bits per heavy atom. The highest BCUT2D eigenvalue weighted by atomic mass is 35.5. The van der Waals surface area contributed by atoms with E-state index in [2.05, 4.69) is 5.32 Å². The van der Waals surface area contributed by atoms with Gasteiger partial charge in [-0.1, -0.05) is 54.1 Å². The molecular weight excluding hydrogens is 483 g/mol. The van der Waals surface area contributed by atoms with Crippen molar-refractivity contribution in [2.45, 2.75) is 50.2 Å². The second-order valence-corrected chi connectivity index (χ2v) is 10.2. The molecule has 7 heteroatoms.